The third-order valence-electron chi connectivity index (χ3n) is 3.03. The minimum absolute atomic E-state index is 0.0758. The number of nitro groups is 1. The van der Waals surface area contributed by atoms with E-state index in [1.54, 1.807) is 12.1 Å². The van der Waals surface area contributed by atoms with Crippen LogP contribution in [0.5, 0.6) is 0 Å². The van der Waals surface area contributed by atoms with Gasteiger partial charge in [0.2, 0.25) is 0 Å². The summed E-state index contributed by atoms with van der Waals surface area (Å²) in [4.78, 5) is 10.7. The van der Waals surface area contributed by atoms with E-state index in [-0.39, 0.29) is 16.7 Å². The summed E-state index contributed by atoms with van der Waals surface area (Å²) in [5.74, 6) is 1.06. The Bertz CT molecular complexity index is 451. The number of hydrogen-bond donors (Lipinski definition) is 1. The second kappa shape index (κ2) is 7.48. The van der Waals surface area contributed by atoms with Crippen molar-refractivity contribution in [2.45, 2.75) is 46.6 Å². The fourth-order valence-electron chi connectivity index (χ4n) is 2.36. The van der Waals surface area contributed by atoms with Crippen molar-refractivity contribution in [2.75, 3.05) is 5.32 Å². The van der Waals surface area contributed by atoms with Crippen molar-refractivity contribution >= 4 is 23.0 Å². The van der Waals surface area contributed by atoms with Gasteiger partial charge < -0.3 is 5.32 Å². The van der Waals surface area contributed by atoms with Crippen LogP contribution < -0.4 is 5.32 Å². The molecule has 5 heteroatoms. The van der Waals surface area contributed by atoms with Crippen LogP contribution in [0.15, 0.2) is 18.2 Å². The Kier molecular flexibility index (Phi) is 6.27. The van der Waals surface area contributed by atoms with Gasteiger partial charge in [0.05, 0.1) is 4.92 Å². The Morgan fingerprint density at radius 3 is 2.20 bits per heavy atom. The van der Waals surface area contributed by atoms with Gasteiger partial charge in [-0.25, -0.2) is 0 Å². The number of anilines is 1. The Balaban J connectivity index is 2.96. The first-order valence-corrected chi connectivity index (χ1v) is 7.37. The van der Waals surface area contributed by atoms with Gasteiger partial charge in [0.1, 0.15) is 5.69 Å². The van der Waals surface area contributed by atoms with Crippen LogP contribution in [-0.2, 0) is 0 Å². The third kappa shape index (κ3) is 5.37. The van der Waals surface area contributed by atoms with Gasteiger partial charge >= 0.3 is 0 Å². The van der Waals surface area contributed by atoms with Crippen molar-refractivity contribution < 1.29 is 4.92 Å². The molecule has 0 saturated heterocycles. The highest BCUT2D eigenvalue weighted by Gasteiger charge is 2.19. The lowest BCUT2D eigenvalue weighted by Crippen LogP contribution is -2.24. The van der Waals surface area contributed by atoms with Gasteiger partial charge in [-0.2, -0.15) is 0 Å². The molecule has 0 atom stereocenters. The van der Waals surface area contributed by atoms with Crippen molar-refractivity contribution in [3.63, 3.8) is 0 Å². The number of benzene rings is 1. The summed E-state index contributed by atoms with van der Waals surface area (Å²) in [7, 11) is 0. The zero-order valence-corrected chi connectivity index (χ0v) is 13.3. The summed E-state index contributed by atoms with van der Waals surface area (Å²) in [5.41, 5.74) is 0.584. The summed E-state index contributed by atoms with van der Waals surface area (Å²) in [6, 6.07) is 4.84. The normalized spacial score (nSPS) is 11.4. The molecule has 0 aliphatic carbocycles. The molecular formula is C15H23ClN2O2. The van der Waals surface area contributed by atoms with Gasteiger partial charge in [-0.15, -0.1) is 0 Å². The van der Waals surface area contributed by atoms with Crippen molar-refractivity contribution in [3.8, 4) is 0 Å². The third-order valence-corrected chi connectivity index (χ3v) is 3.26. The smallest absolute Gasteiger partial charge is 0.292 e. The van der Waals surface area contributed by atoms with Crippen LogP contribution in [0, 0.1) is 22.0 Å². The van der Waals surface area contributed by atoms with Gasteiger partial charge in [-0.05, 0) is 36.8 Å². The summed E-state index contributed by atoms with van der Waals surface area (Å²) in [6.07, 6.45) is 1.95. The fraction of sp³-hybridized carbons (Fsp3) is 0.600. The van der Waals surface area contributed by atoms with Gasteiger partial charge in [-0.3, -0.25) is 10.1 Å². The van der Waals surface area contributed by atoms with E-state index < -0.39 is 0 Å². The first-order valence-electron chi connectivity index (χ1n) is 7.00. The number of rotatable bonds is 7. The zero-order valence-electron chi connectivity index (χ0n) is 12.5. The van der Waals surface area contributed by atoms with Crippen LogP contribution >= 0.6 is 11.6 Å². The minimum atomic E-state index is -0.375. The van der Waals surface area contributed by atoms with Crippen LogP contribution in [0.4, 0.5) is 11.4 Å². The van der Waals surface area contributed by atoms with Crippen LogP contribution in [0.25, 0.3) is 0 Å². The maximum atomic E-state index is 11.1. The molecule has 0 bridgehead atoms. The maximum absolute atomic E-state index is 11.1. The van der Waals surface area contributed by atoms with E-state index >= 15 is 0 Å². The molecule has 0 spiro atoms. The Hall–Kier alpha value is -1.29. The van der Waals surface area contributed by atoms with Crippen molar-refractivity contribution in [3.05, 3.63) is 33.3 Å². The molecular weight excluding hydrogens is 276 g/mol. The molecule has 20 heavy (non-hydrogen) atoms. The Morgan fingerprint density at radius 2 is 1.75 bits per heavy atom. The lowest BCUT2D eigenvalue weighted by molar-refractivity contribution is -0.384. The molecule has 0 saturated carbocycles. The van der Waals surface area contributed by atoms with Crippen LogP contribution in [0.2, 0.25) is 5.02 Å². The molecule has 0 radical (unpaired) electrons. The SMILES string of the molecule is CC(C)CC(CC(C)C)Nc1cc(Cl)ccc1[N+](=O)[O-]. The van der Waals surface area contributed by atoms with E-state index in [9.17, 15) is 10.1 Å². The standard InChI is InChI=1S/C15H23ClN2O2/c1-10(2)7-13(8-11(3)4)17-14-9-12(16)5-6-15(14)18(19)20/h5-6,9-11,13,17H,7-8H2,1-4H3. The Morgan fingerprint density at radius 1 is 1.20 bits per heavy atom. The van der Waals surface area contributed by atoms with E-state index in [0.717, 1.165) is 12.8 Å². The maximum Gasteiger partial charge on any atom is 0.292 e. The predicted octanol–water partition coefficient (Wildman–Crippen LogP) is 5.12. The highest BCUT2D eigenvalue weighted by molar-refractivity contribution is 6.31. The molecule has 4 nitrogen and oxygen atoms in total. The number of nitro benzene ring substituents is 1. The largest absolute Gasteiger partial charge is 0.377 e. The lowest BCUT2D eigenvalue weighted by atomic mass is 9.95. The molecule has 1 rings (SSSR count). The van der Waals surface area contributed by atoms with Crippen molar-refractivity contribution in [1.82, 2.24) is 0 Å². The van der Waals surface area contributed by atoms with Crippen LogP contribution in [0.1, 0.15) is 40.5 Å². The molecule has 0 aromatic heterocycles. The van der Waals surface area contributed by atoms with Crippen LogP contribution in [0.3, 0.4) is 0 Å². The molecule has 0 heterocycles. The molecule has 0 fully saturated rings. The Labute approximate surface area is 125 Å². The average molecular weight is 299 g/mol. The summed E-state index contributed by atoms with van der Waals surface area (Å²) < 4.78 is 0. The number of nitrogens with zero attached hydrogens (tertiary/aromatic N) is 1. The first-order chi connectivity index (χ1) is 9.29. The van der Waals surface area contributed by atoms with E-state index in [0.29, 0.717) is 22.5 Å². The summed E-state index contributed by atoms with van der Waals surface area (Å²) in [6.45, 7) is 8.62. The first kappa shape index (κ1) is 16.8. The molecule has 112 valence electrons. The summed E-state index contributed by atoms with van der Waals surface area (Å²) >= 11 is 5.95. The lowest BCUT2D eigenvalue weighted by Gasteiger charge is -2.23. The number of halogens is 1. The zero-order chi connectivity index (χ0) is 15.3. The van der Waals surface area contributed by atoms with E-state index in [4.69, 9.17) is 11.6 Å². The molecule has 0 aliphatic rings. The van der Waals surface area contributed by atoms with Crippen molar-refractivity contribution in [1.29, 1.82) is 0 Å². The van der Waals surface area contributed by atoms with Gasteiger partial charge in [0.15, 0.2) is 0 Å². The van der Waals surface area contributed by atoms with Gasteiger partial charge in [-0.1, -0.05) is 39.3 Å². The second-order valence-electron chi connectivity index (χ2n) is 6.02. The van der Waals surface area contributed by atoms with E-state index in [1.807, 2.05) is 0 Å². The van der Waals surface area contributed by atoms with Gasteiger partial charge in [0, 0.05) is 17.1 Å². The number of nitrogens with one attached hydrogen (secondary N) is 1. The highest BCUT2D eigenvalue weighted by Crippen LogP contribution is 2.30. The molecule has 0 aliphatic heterocycles. The quantitative estimate of drug-likeness (QED) is 0.561. The average Bonchev–Trinajstić information content (AvgIpc) is 2.26. The number of hydrogen-bond acceptors (Lipinski definition) is 3. The highest BCUT2D eigenvalue weighted by atomic mass is 35.5. The minimum Gasteiger partial charge on any atom is -0.377 e. The fourth-order valence-corrected chi connectivity index (χ4v) is 2.53. The van der Waals surface area contributed by atoms with Gasteiger partial charge in [0.25, 0.3) is 5.69 Å². The molecule has 0 unspecified atom stereocenters. The summed E-state index contributed by atoms with van der Waals surface area (Å²) in [5, 5.41) is 14.9. The van der Waals surface area contributed by atoms with E-state index in [1.165, 1.54) is 6.07 Å². The van der Waals surface area contributed by atoms with E-state index in [2.05, 4.69) is 33.0 Å². The topological polar surface area (TPSA) is 55.2 Å². The molecule has 0 amide bonds. The predicted molar refractivity (Wildman–Crippen MR) is 84.4 cm³/mol. The van der Waals surface area contributed by atoms with Crippen molar-refractivity contribution in [2.24, 2.45) is 11.8 Å². The van der Waals surface area contributed by atoms with Crippen LogP contribution in [-0.4, -0.2) is 11.0 Å². The molecule has 1 aromatic carbocycles. The monoisotopic (exact) mass is 298 g/mol. The molecule has 1 N–H and O–H groups in total. The second-order valence-corrected chi connectivity index (χ2v) is 6.46. The molecule has 1 aromatic rings.